The van der Waals surface area contributed by atoms with E-state index < -0.39 is 11.6 Å². The van der Waals surface area contributed by atoms with Crippen molar-refractivity contribution in [2.24, 2.45) is 11.8 Å². The Hall–Kier alpha value is -1.25. The average molecular weight is 431 g/mol. The van der Waals surface area contributed by atoms with Crippen molar-refractivity contribution in [1.29, 1.82) is 0 Å². The molecule has 0 bridgehead atoms. The van der Waals surface area contributed by atoms with E-state index in [0.29, 0.717) is 24.7 Å². The molecule has 5 nitrogen and oxygen atoms in total. The van der Waals surface area contributed by atoms with E-state index in [1.807, 2.05) is 4.90 Å². The lowest BCUT2D eigenvalue weighted by Crippen LogP contribution is -2.47. The molecule has 0 aromatic heterocycles. The van der Waals surface area contributed by atoms with Gasteiger partial charge in [0.15, 0.2) is 11.6 Å². The first kappa shape index (κ1) is 19.5. The third-order valence-corrected chi connectivity index (χ3v) is 6.29. The fraction of sp³-hybridized carbons (Fsp3) is 0.611. The van der Waals surface area contributed by atoms with Crippen LogP contribution in [0.25, 0.3) is 0 Å². The van der Waals surface area contributed by atoms with Crippen LogP contribution < -0.4 is 21.1 Å². The summed E-state index contributed by atoms with van der Waals surface area (Å²) in [6.45, 7) is 6.28. The van der Waals surface area contributed by atoms with Crippen molar-refractivity contribution >= 4 is 27.5 Å². The summed E-state index contributed by atoms with van der Waals surface area (Å²) >= 11 is 3.62. The van der Waals surface area contributed by atoms with E-state index in [2.05, 4.69) is 45.9 Å². The van der Waals surface area contributed by atoms with Gasteiger partial charge < -0.3 is 10.2 Å². The maximum atomic E-state index is 13.4. The number of anilines is 1. The van der Waals surface area contributed by atoms with E-state index in [1.54, 1.807) is 6.07 Å². The van der Waals surface area contributed by atoms with Crippen molar-refractivity contribution < 1.29 is 13.6 Å². The number of hydrogen-bond donors (Lipinski definition) is 3. The number of carbonyl (C=O) groups excluding carboxylic acids is 1. The number of hydrogen-bond acceptors (Lipinski definition) is 4. The van der Waals surface area contributed by atoms with E-state index in [0.717, 1.165) is 19.0 Å². The van der Waals surface area contributed by atoms with Crippen molar-refractivity contribution in [2.45, 2.75) is 37.2 Å². The first-order valence-electron chi connectivity index (χ1n) is 8.99. The molecule has 0 spiro atoms. The van der Waals surface area contributed by atoms with Crippen LogP contribution in [-0.4, -0.2) is 42.5 Å². The van der Waals surface area contributed by atoms with Crippen LogP contribution in [0.4, 0.5) is 14.5 Å². The molecule has 1 amide bonds. The van der Waals surface area contributed by atoms with Crippen LogP contribution in [0.5, 0.6) is 0 Å². The Morgan fingerprint density at radius 1 is 1.35 bits per heavy atom. The second-order valence-corrected chi connectivity index (χ2v) is 8.48. The van der Waals surface area contributed by atoms with Crippen LogP contribution in [0.15, 0.2) is 18.2 Å². The number of rotatable bonds is 5. The maximum absolute atomic E-state index is 13.4. The Morgan fingerprint density at radius 2 is 2.12 bits per heavy atom. The normalized spacial score (nSPS) is 28.8. The van der Waals surface area contributed by atoms with E-state index in [4.69, 9.17) is 0 Å². The van der Waals surface area contributed by atoms with Gasteiger partial charge in [0.05, 0.1) is 4.83 Å². The first-order valence-corrected chi connectivity index (χ1v) is 9.91. The molecule has 3 N–H and O–H groups in total. The fourth-order valence-corrected chi connectivity index (χ4v) is 4.68. The average Bonchev–Trinajstić information content (AvgIpc) is 3.22. The highest BCUT2D eigenvalue weighted by atomic mass is 79.9. The minimum atomic E-state index is -0.835. The molecule has 2 aliphatic rings. The molecular formula is C18H25BrF2N4O. The summed E-state index contributed by atoms with van der Waals surface area (Å²) in [5.41, 5.74) is 6.91. The molecule has 144 valence electrons. The number of carbonyl (C=O) groups is 1. The molecule has 2 heterocycles. The van der Waals surface area contributed by atoms with Gasteiger partial charge in [-0.2, -0.15) is 0 Å². The number of benzene rings is 1. The number of hydrazine groups is 1. The molecule has 2 fully saturated rings. The summed E-state index contributed by atoms with van der Waals surface area (Å²) in [7, 11) is 0. The van der Waals surface area contributed by atoms with Crippen LogP contribution in [0.3, 0.4) is 0 Å². The SMILES string of the molecule is CC(C)C1NNC(C(=O)NCC2CCN(c3ccc(F)c(F)c3)C2)C1Br. The molecule has 1 aromatic carbocycles. The molecule has 0 radical (unpaired) electrons. The monoisotopic (exact) mass is 430 g/mol. The fourth-order valence-electron chi connectivity index (χ4n) is 3.57. The van der Waals surface area contributed by atoms with Crippen LogP contribution >= 0.6 is 15.9 Å². The molecule has 2 saturated heterocycles. The lowest BCUT2D eigenvalue weighted by molar-refractivity contribution is -0.122. The second kappa shape index (κ2) is 8.19. The molecule has 0 saturated carbocycles. The molecule has 4 unspecified atom stereocenters. The van der Waals surface area contributed by atoms with Gasteiger partial charge in [0.2, 0.25) is 5.91 Å². The van der Waals surface area contributed by atoms with Gasteiger partial charge in [0.1, 0.15) is 6.04 Å². The summed E-state index contributed by atoms with van der Waals surface area (Å²) in [6, 6.07) is 3.85. The highest BCUT2D eigenvalue weighted by Gasteiger charge is 2.39. The molecule has 3 rings (SSSR count). The van der Waals surface area contributed by atoms with Gasteiger partial charge in [-0.05, 0) is 30.4 Å². The minimum Gasteiger partial charge on any atom is -0.371 e. The summed E-state index contributed by atoms with van der Waals surface area (Å²) < 4.78 is 26.5. The number of halogens is 3. The van der Waals surface area contributed by atoms with E-state index >= 15 is 0 Å². The Balaban J connectivity index is 1.49. The van der Waals surface area contributed by atoms with Gasteiger partial charge in [-0.1, -0.05) is 29.8 Å². The molecule has 0 aliphatic carbocycles. The maximum Gasteiger partial charge on any atom is 0.239 e. The van der Waals surface area contributed by atoms with Crippen molar-refractivity contribution in [3.8, 4) is 0 Å². The lowest BCUT2D eigenvalue weighted by Gasteiger charge is -2.21. The largest absolute Gasteiger partial charge is 0.371 e. The summed E-state index contributed by atoms with van der Waals surface area (Å²) in [4.78, 5) is 14.5. The second-order valence-electron chi connectivity index (χ2n) is 7.42. The Labute approximate surface area is 161 Å². The summed E-state index contributed by atoms with van der Waals surface area (Å²) in [5.74, 6) is -1.00. The number of nitrogens with zero attached hydrogens (tertiary/aromatic N) is 1. The Bertz CT molecular complexity index is 660. The van der Waals surface area contributed by atoms with Gasteiger partial charge in [-0.3, -0.25) is 10.2 Å². The number of amides is 1. The molecule has 2 aliphatic heterocycles. The van der Waals surface area contributed by atoms with Crippen LogP contribution in [0.1, 0.15) is 20.3 Å². The topological polar surface area (TPSA) is 56.4 Å². The lowest BCUT2D eigenvalue weighted by atomic mass is 9.99. The highest BCUT2D eigenvalue weighted by Crippen LogP contribution is 2.25. The standard InChI is InChI=1S/C18H25BrF2N4O/c1-10(2)16-15(19)17(24-23-16)18(26)22-8-11-5-6-25(9-11)12-3-4-13(20)14(21)7-12/h3-4,7,10-11,15-17,23-24H,5-6,8-9H2,1-2H3,(H,22,26). The Kier molecular flexibility index (Phi) is 6.14. The summed E-state index contributed by atoms with van der Waals surface area (Å²) in [6.07, 6.45) is 0.905. The first-order chi connectivity index (χ1) is 12.4. The van der Waals surface area contributed by atoms with Gasteiger partial charge in [-0.15, -0.1) is 0 Å². The highest BCUT2D eigenvalue weighted by molar-refractivity contribution is 9.09. The van der Waals surface area contributed by atoms with Crippen LogP contribution in [0, 0.1) is 23.5 Å². The molecule has 8 heteroatoms. The van der Waals surface area contributed by atoms with Crippen LogP contribution in [0.2, 0.25) is 0 Å². The van der Waals surface area contributed by atoms with Crippen molar-refractivity contribution in [1.82, 2.24) is 16.2 Å². The third-order valence-electron chi connectivity index (χ3n) is 5.19. The van der Waals surface area contributed by atoms with Crippen molar-refractivity contribution in [3.63, 3.8) is 0 Å². The van der Waals surface area contributed by atoms with Crippen LogP contribution in [-0.2, 0) is 4.79 Å². The zero-order chi connectivity index (χ0) is 18.8. The van der Waals surface area contributed by atoms with Crippen molar-refractivity contribution in [3.05, 3.63) is 29.8 Å². The van der Waals surface area contributed by atoms with Crippen molar-refractivity contribution in [2.75, 3.05) is 24.5 Å². The van der Waals surface area contributed by atoms with E-state index in [-0.39, 0.29) is 28.7 Å². The number of nitrogens with one attached hydrogen (secondary N) is 3. The zero-order valence-corrected chi connectivity index (χ0v) is 16.5. The zero-order valence-electron chi connectivity index (χ0n) is 14.9. The van der Waals surface area contributed by atoms with E-state index in [1.165, 1.54) is 6.07 Å². The predicted molar refractivity (Wildman–Crippen MR) is 101 cm³/mol. The molecule has 26 heavy (non-hydrogen) atoms. The van der Waals surface area contributed by atoms with Gasteiger partial charge >= 0.3 is 0 Å². The quantitative estimate of drug-likeness (QED) is 0.626. The molecular weight excluding hydrogens is 406 g/mol. The van der Waals surface area contributed by atoms with Gasteiger partial charge in [-0.25, -0.2) is 14.2 Å². The number of alkyl halides is 1. The Morgan fingerprint density at radius 3 is 2.77 bits per heavy atom. The third kappa shape index (κ3) is 4.18. The summed E-state index contributed by atoms with van der Waals surface area (Å²) in [5, 5.41) is 3.02. The molecule has 4 atom stereocenters. The van der Waals surface area contributed by atoms with Gasteiger partial charge in [0, 0.05) is 37.4 Å². The van der Waals surface area contributed by atoms with Gasteiger partial charge in [0.25, 0.3) is 0 Å². The van der Waals surface area contributed by atoms with E-state index in [9.17, 15) is 13.6 Å². The smallest absolute Gasteiger partial charge is 0.239 e. The molecule has 1 aromatic rings. The predicted octanol–water partition coefficient (Wildman–Crippen LogP) is 2.17. The minimum absolute atomic E-state index is 0.0322.